The summed E-state index contributed by atoms with van der Waals surface area (Å²) in [6.07, 6.45) is 0.807. The fraction of sp³-hybridized carbons (Fsp3) is 0.727. The molecule has 2 atom stereocenters. The largest absolute Gasteiger partial charge is 0.480 e. The fourth-order valence-electron chi connectivity index (χ4n) is 1.96. The number of carboxylic acid groups (broad SMARTS) is 1. The first-order valence-corrected chi connectivity index (χ1v) is 5.66. The van der Waals surface area contributed by atoms with Crippen molar-refractivity contribution in [3.63, 3.8) is 0 Å². The molecule has 6 nitrogen and oxygen atoms in total. The van der Waals surface area contributed by atoms with Crippen LogP contribution in [0.2, 0.25) is 0 Å². The highest BCUT2D eigenvalue weighted by Gasteiger charge is 2.41. The zero-order chi connectivity index (χ0) is 13.2. The summed E-state index contributed by atoms with van der Waals surface area (Å²) < 4.78 is 0. The summed E-state index contributed by atoms with van der Waals surface area (Å²) in [6.45, 7) is 3.57. The Morgan fingerprint density at radius 3 is 2.53 bits per heavy atom. The van der Waals surface area contributed by atoms with Crippen LogP contribution in [0.15, 0.2) is 0 Å². The Balaban J connectivity index is 2.87. The molecule has 17 heavy (non-hydrogen) atoms. The summed E-state index contributed by atoms with van der Waals surface area (Å²) >= 11 is 0. The molecule has 0 radical (unpaired) electrons. The van der Waals surface area contributed by atoms with Crippen LogP contribution in [0, 0.1) is 0 Å². The highest BCUT2D eigenvalue weighted by molar-refractivity contribution is 6.05. The summed E-state index contributed by atoms with van der Waals surface area (Å²) in [6, 6.07) is -0.669. The van der Waals surface area contributed by atoms with Crippen LogP contribution >= 0.6 is 0 Å². The molecule has 0 spiro atoms. The molecule has 0 saturated carbocycles. The molecule has 0 aromatic carbocycles. The first-order chi connectivity index (χ1) is 7.88. The molecular weight excluding hydrogens is 224 g/mol. The normalized spacial score (nSPS) is 22.4. The number of rotatable bonds is 5. The summed E-state index contributed by atoms with van der Waals surface area (Å²) in [5, 5.41) is 8.86. The number of aliphatic carboxylic acids is 1. The Morgan fingerprint density at radius 2 is 2.18 bits per heavy atom. The molecule has 1 aliphatic rings. The third-order valence-corrected chi connectivity index (χ3v) is 3.23. The Kier molecular flexibility index (Phi) is 4.22. The first kappa shape index (κ1) is 13.6. The van der Waals surface area contributed by atoms with Crippen LogP contribution < -0.4 is 0 Å². The molecule has 1 heterocycles. The lowest BCUT2D eigenvalue weighted by atomic mass is 10.1. The molecule has 1 aliphatic heterocycles. The zero-order valence-corrected chi connectivity index (χ0v) is 10.3. The molecule has 0 bridgehead atoms. The number of amides is 2. The van der Waals surface area contributed by atoms with Crippen LogP contribution in [0.1, 0.15) is 26.7 Å². The van der Waals surface area contributed by atoms with Gasteiger partial charge in [-0.1, -0.05) is 6.92 Å². The molecule has 6 heteroatoms. The topological polar surface area (TPSA) is 77.9 Å². The van der Waals surface area contributed by atoms with Crippen molar-refractivity contribution in [1.82, 2.24) is 9.80 Å². The molecule has 1 rings (SSSR count). The van der Waals surface area contributed by atoms with E-state index in [1.54, 1.807) is 4.90 Å². The predicted octanol–water partition coefficient (Wildman–Crippen LogP) is -0.0712. The van der Waals surface area contributed by atoms with Gasteiger partial charge in [-0.2, -0.15) is 0 Å². The van der Waals surface area contributed by atoms with E-state index < -0.39 is 12.0 Å². The minimum Gasteiger partial charge on any atom is -0.480 e. The van der Waals surface area contributed by atoms with Gasteiger partial charge in [-0.15, -0.1) is 0 Å². The van der Waals surface area contributed by atoms with Crippen LogP contribution in [0.4, 0.5) is 0 Å². The van der Waals surface area contributed by atoms with E-state index in [1.165, 1.54) is 7.05 Å². The highest BCUT2D eigenvalue weighted by Crippen LogP contribution is 2.20. The maximum absolute atomic E-state index is 11.8. The highest BCUT2D eigenvalue weighted by atomic mass is 16.4. The van der Waals surface area contributed by atoms with Gasteiger partial charge in [0.05, 0.1) is 19.0 Å². The molecule has 1 fully saturated rings. The van der Waals surface area contributed by atoms with Crippen molar-refractivity contribution in [3.8, 4) is 0 Å². The number of hydrogen-bond donors (Lipinski definition) is 1. The third-order valence-electron chi connectivity index (χ3n) is 3.23. The number of hydrogen-bond acceptors (Lipinski definition) is 4. The standard InChI is InChI=1S/C11H18N2O4/c1-4-7(2)13(6-10(15)16)8-5-9(14)12(3)11(8)17/h7-8H,4-6H2,1-3H3,(H,15,16). The van der Waals surface area contributed by atoms with E-state index in [9.17, 15) is 14.4 Å². The van der Waals surface area contributed by atoms with Crippen LogP contribution in [0.5, 0.6) is 0 Å². The molecule has 2 unspecified atom stereocenters. The van der Waals surface area contributed by atoms with Crippen molar-refractivity contribution >= 4 is 17.8 Å². The number of carbonyl (C=O) groups is 3. The van der Waals surface area contributed by atoms with E-state index in [4.69, 9.17) is 5.11 Å². The molecule has 1 N–H and O–H groups in total. The first-order valence-electron chi connectivity index (χ1n) is 5.66. The lowest BCUT2D eigenvalue weighted by molar-refractivity contribution is -0.141. The van der Waals surface area contributed by atoms with Gasteiger partial charge in [0.25, 0.3) is 0 Å². The summed E-state index contributed by atoms with van der Waals surface area (Å²) in [5.74, 6) is -1.55. The maximum Gasteiger partial charge on any atom is 0.317 e. The van der Waals surface area contributed by atoms with E-state index in [0.29, 0.717) is 0 Å². The van der Waals surface area contributed by atoms with Gasteiger partial charge in [0.15, 0.2) is 0 Å². The van der Waals surface area contributed by atoms with Gasteiger partial charge < -0.3 is 5.11 Å². The second-order valence-electron chi connectivity index (χ2n) is 4.33. The van der Waals surface area contributed by atoms with Gasteiger partial charge in [0.2, 0.25) is 11.8 Å². The summed E-state index contributed by atoms with van der Waals surface area (Å²) in [4.78, 5) is 36.7. The van der Waals surface area contributed by atoms with Crippen LogP contribution in [-0.4, -0.2) is 58.4 Å². The van der Waals surface area contributed by atoms with E-state index in [1.807, 2.05) is 13.8 Å². The van der Waals surface area contributed by atoms with E-state index in [0.717, 1.165) is 11.3 Å². The number of imide groups is 1. The van der Waals surface area contributed by atoms with Crippen LogP contribution in [-0.2, 0) is 14.4 Å². The molecule has 96 valence electrons. The number of likely N-dealkylation sites (N-methyl/N-ethyl adjacent to an activating group) is 1. The van der Waals surface area contributed by atoms with Crippen molar-refractivity contribution in [2.45, 2.75) is 38.8 Å². The Morgan fingerprint density at radius 1 is 1.59 bits per heavy atom. The van der Waals surface area contributed by atoms with Gasteiger partial charge in [-0.3, -0.25) is 24.2 Å². The average molecular weight is 242 g/mol. The monoisotopic (exact) mass is 242 g/mol. The van der Waals surface area contributed by atoms with E-state index >= 15 is 0 Å². The van der Waals surface area contributed by atoms with Crippen molar-refractivity contribution in [3.05, 3.63) is 0 Å². The third kappa shape index (κ3) is 2.82. The van der Waals surface area contributed by atoms with Crippen LogP contribution in [0.25, 0.3) is 0 Å². The van der Waals surface area contributed by atoms with Gasteiger partial charge in [0.1, 0.15) is 0 Å². The zero-order valence-electron chi connectivity index (χ0n) is 10.3. The number of carbonyl (C=O) groups excluding carboxylic acids is 2. The summed E-state index contributed by atoms with van der Waals surface area (Å²) in [7, 11) is 1.43. The maximum atomic E-state index is 11.8. The molecule has 2 amide bonds. The molecule has 0 aromatic heterocycles. The smallest absolute Gasteiger partial charge is 0.317 e. The number of nitrogens with zero attached hydrogens (tertiary/aromatic N) is 2. The van der Waals surface area contributed by atoms with Crippen molar-refractivity contribution in [2.24, 2.45) is 0 Å². The van der Waals surface area contributed by atoms with Crippen molar-refractivity contribution in [1.29, 1.82) is 0 Å². The molecule has 1 saturated heterocycles. The Labute approximate surface area is 100 Å². The lowest BCUT2D eigenvalue weighted by Crippen LogP contribution is -2.48. The van der Waals surface area contributed by atoms with E-state index in [-0.39, 0.29) is 30.8 Å². The van der Waals surface area contributed by atoms with Crippen molar-refractivity contribution < 1.29 is 19.5 Å². The van der Waals surface area contributed by atoms with Crippen molar-refractivity contribution in [2.75, 3.05) is 13.6 Å². The van der Waals surface area contributed by atoms with Gasteiger partial charge in [-0.05, 0) is 13.3 Å². The van der Waals surface area contributed by atoms with Gasteiger partial charge in [0, 0.05) is 13.1 Å². The lowest BCUT2D eigenvalue weighted by Gasteiger charge is -2.30. The summed E-state index contributed by atoms with van der Waals surface area (Å²) in [5.41, 5.74) is 0. The second kappa shape index (κ2) is 5.27. The minimum atomic E-state index is -0.986. The fourth-order valence-corrected chi connectivity index (χ4v) is 1.96. The van der Waals surface area contributed by atoms with Crippen LogP contribution in [0.3, 0.4) is 0 Å². The predicted molar refractivity (Wildman–Crippen MR) is 60.3 cm³/mol. The number of likely N-dealkylation sites (tertiary alicyclic amines) is 1. The minimum absolute atomic E-state index is 0.0423. The second-order valence-corrected chi connectivity index (χ2v) is 4.33. The SMILES string of the molecule is CCC(C)N(CC(=O)O)C1CC(=O)N(C)C1=O. The molecular formula is C11H18N2O4. The molecule has 0 aromatic rings. The molecule has 0 aliphatic carbocycles. The Bertz CT molecular complexity index is 342. The average Bonchev–Trinajstić information content (AvgIpc) is 2.52. The number of carboxylic acids is 1. The van der Waals surface area contributed by atoms with E-state index in [2.05, 4.69) is 0 Å². The quantitative estimate of drug-likeness (QED) is 0.683. The van der Waals surface area contributed by atoms with Gasteiger partial charge in [-0.25, -0.2) is 0 Å². The van der Waals surface area contributed by atoms with Gasteiger partial charge >= 0.3 is 5.97 Å². The Hall–Kier alpha value is -1.43.